The largest absolute Gasteiger partial charge is 0.493 e. The number of methoxy groups -OCH3 is 1. The number of rotatable bonds is 7. The lowest BCUT2D eigenvalue weighted by atomic mass is 9.90. The molecule has 0 saturated carbocycles. The highest BCUT2D eigenvalue weighted by Gasteiger charge is 2.23. The molecule has 0 aromatic heterocycles. The van der Waals surface area contributed by atoms with Crippen LogP contribution >= 0.6 is 0 Å². The maximum absolute atomic E-state index is 13.9. The summed E-state index contributed by atoms with van der Waals surface area (Å²) in [6.45, 7) is 0.846. The Morgan fingerprint density at radius 2 is 2.03 bits per heavy atom. The molecule has 1 saturated heterocycles. The molecule has 152 valence electrons. The minimum absolute atomic E-state index is 0.0142. The number of nitrogens with one attached hydrogen (secondary N) is 1. The van der Waals surface area contributed by atoms with E-state index in [-0.39, 0.29) is 24.0 Å². The summed E-state index contributed by atoms with van der Waals surface area (Å²) >= 11 is 0. The number of hydrogen-bond acceptors (Lipinski definition) is 4. The highest BCUT2D eigenvalue weighted by molar-refractivity contribution is 5.84. The molecule has 3 rings (SSSR count). The van der Waals surface area contributed by atoms with Gasteiger partial charge in [-0.25, -0.2) is 8.78 Å². The molecule has 29 heavy (non-hydrogen) atoms. The van der Waals surface area contributed by atoms with Crippen molar-refractivity contribution in [2.75, 3.05) is 13.7 Å². The molecule has 0 amide bonds. The van der Waals surface area contributed by atoms with Crippen LogP contribution in [0.2, 0.25) is 0 Å². The van der Waals surface area contributed by atoms with E-state index in [0.29, 0.717) is 17.5 Å². The standard InChI is InChI=1S/C23H24F2N2O2/c1-29-23-19(12-18(24)13-20(23)25)17-7-5-15(6-8-17)10-16(14-26)11-22(28)21-4-2-3-9-27-21/h5-8,12-13,16,21,27H,2-4,9-11H2,1H3/t16-,21+/m1/s1. The lowest BCUT2D eigenvalue weighted by Gasteiger charge is -2.23. The third-order valence-corrected chi connectivity index (χ3v) is 5.29. The van der Waals surface area contributed by atoms with Crippen LogP contribution in [0.5, 0.6) is 5.75 Å². The monoisotopic (exact) mass is 398 g/mol. The number of halogens is 2. The molecular weight excluding hydrogens is 374 g/mol. The number of ketones is 1. The molecular formula is C23H24F2N2O2. The molecule has 6 heteroatoms. The van der Waals surface area contributed by atoms with Gasteiger partial charge in [-0.05, 0) is 43.0 Å². The van der Waals surface area contributed by atoms with Gasteiger partial charge in [0.2, 0.25) is 0 Å². The number of ether oxygens (including phenoxy) is 1. The van der Waals surface area contributed by atoms with Crippen molar-refractivity contribution in [1.82, 2.24) is 5.32 Å². The van der Waals surface area contributed by atoms with Crippen LogP contribution in [-0.2, 0) is 11.2 Å². The maximum Gasteiger partial charge on any atom is 0.168 e. The van der Waals surface area contributed by atoms with Crippen LogP contribution < -0.4 is 10.1 Å². The fourth-order valence-corrected chi connectivity index (χ4v) is 3.76. The lowest BCUT2D eigenvalue weighted by Crippen LogP contribution is -2.41. The predicted molar refractivity (Wildman–Crippen MR) is 106 cm³/mol. The number of nitriles is 1. The minimum Gasteiger partial charge on any atom is -0.493 e. The van der Waals surface area contributed by atoms with Crippen LogP contribution in [-0.4, -0.2) is 25.5 Å². The van der Waals surface area contributed by atoms with Gasteiger partial charge in [0.25, 0.3) is 0 Å². The zero-order valence-electron chi connectivity index (χ0n) is 16.4. The van der Waals surface area contributed by atoms with Gasteiger partial charge in [-0.15, -0.1) is 0 Å². The van der Waals surface area contributed by atoms with E-state index in [1.165, 1.54) is 13.2 Å². The second-order valence-corrected chi connectivity index (χ2v) is 7.37. The second kappa shape index (κ2) is 9.62. The van der Waals surface area contributed by atoms with Gasteiger partial charge in [-0.1, -0.05) is 30.7 Å². The maximum atomic E-state index is 13.9. The molecule has 2 atom stereocenters. The van der Waals surface area contributed by atoms with Crippen LogP contribution in [0.1, 0.15) is 31.2 Å². The highest BCUT2D eigenvalue weighted by Crippen LogP contribution is 2.33. The Kier molecular flexibility index (Phi) is 6.95. The Balaban J connectivity index is 1.70. The number of carbonyl (C=O) groups is 1. The van der Waals surface area contributed by atoms with Crippen molar-refractivity contribution in [3.05, 3.63) is 53.6 Å². The molecule has 0 aliphatic carbocycles. The SMILES string of the molecule is COc1c(F)cc(F)cc1-c1ccc(C[C@@H](C#N)CC(=O)[C@@H]2CCCCN2)cc1. The molecule has 0 radical (unpaired) electrons. The smallest absolute Gasteiger partial charge is 0.168 e. The first kappa shape index (κ1) is 20.9. The van der Waals surface area contributed by atoms with Crippen LogP contribution in [0.4, 0.5) is 8.78 Å². The second-order valence-electron chi connectivity index (χ2n) is 7.37. The van der Waals surface area contributed by atoms with E-state index in [1.54, 1.807) is 12.1 Å². The first-order chi connectivity index (χ1) is 14.0. The zero-order chi connectivity index (χ0) is 20.8. The van der Waals surface area contributed by atoms with Crippen molar-refractivity contribution >= 4 is 5.78 Å². The molecule has 0 unspecified atom stereocenters. The van der Waals surface area contributed by atoms with Crippen LogP contribution in [0.3, 0.4) is 0 Å². The summed E-state index contributed by atoms with van der Waals surface area (Å²) in [5, 5.41) is 12.7. The number of nitrogens with zero attached hydrogens (tertiary/aromatic N) is 1. The Labute approximate surface area is 169 Å². The van der Waals surface area contributed by atoms with Crippen molar-refractivity contribution in [3.8, 4) is 22.9 Å². The van der Waals surface area contributed by atoms with Crippen molar-refractivity contribution in [3.63, 3.8) is 0 Å². The Morgan fingerprint density at radius 3 is 2.66 bits per heavy atom. The highest BCUT2D eigenvalue weighted by atomic mass is 19.1. The van der Waals surface area contributed by atoms with Gasteiger partial charge in [0, 0.05) is 18.1 Å². The van der Waals surface area contributed by atoms with Crippen LogP contribution in [0.25, 0.3) is 11.1 Å². The number of Topliss-reactive ketones (excluding diaryl/α,β-unsaturated/α-hetero) is 1. The molecule has 0 spiro atoms. The number of piperidine rings is 1. The number of hydrogen-bond donors (Lipinski definition) is 1. The Hall–Kier alpha value is -2.78. The van der Waals surface area contributed by atoms with Crippen molar-refractivity contribution in [2.24, 2.45) is 5.92 Å². The van der Waals surface area contributed by atoms with E-state index >= 15 is 0 Å². The first-order valence-corrected chi connectivity index (χ1v) is 9.80. The third-order valence-electron chi connectivity index (χ3n) is 5.29. The Morgan fingerprint density at radius 1 is 1.28 bits per heavy atom. The fourth-order valence-electron chi connectivity index (χ4n) is 3.76. The number of carbonyl (C=O) groups excluding carboxylic acids is 1. The van der Waals surface area contributed by atoms with E-state index in [2.05, 4.69) is 11.4 Å². The topological polar surface area (TPSA) is 62.1 Å². The summed E-state index contributed by atoms with van der Waals surface area (Å²) in [4.78, 5) is 12.4. The average molecular weight is 398 g/mol. The van der Waals surface area contributed by atoms with Crippen LogP contribution in [0, 0.1) is 28.9 Å². The zero-order valence-corrected chi connectivity index (χ0v) is 16.4. The molecule has 2 aromatic rings. The first-order valence-electron chi connectivity index (χ1n) is 9.80. The van der Waals surface area contributed by atoms with Gasteiger partial charge in [-0.3, -0.25) is 4.79 Å². The summed E-state index contributed by atoms with van der Waals surface area (Å²) in [6, 6.07) is 11.2. The molecule has 4 nitrogen and oxygen atoms in total. The molecule has 2 aromatic carbocycles. The van der Waals surface area contributed by atoms with Crippen molar-refractivity contribution in [2.45, 2.75) is 38.1 Å². The summed E-state index contributed by atoms with van der Waals surface area (Å²) in [5.41, 5.74) is 1.83. The normalized spacial score (nSPS) is 17.4. The van der Waals surface area contributed by atoms with E-state index < -0.39 is 17.6 Å². The van der Waals surface area contributed by atoms with Gasteiger partial charge in [0.1, 0.15) is 5.82 Å². The van der Waals surface area contributed by atoms with Crippen molar-refractivity contribution < 1.29 is 18.3 Å². The van der Waals surface area contributed by atoms with E-state index in [4.69, 9.17) is 4.74 Å². The summed E-state index contributed by atoms with van der Waals surface area (Å²) in [6.07, 6.45) is 3.62. The molecule has 1 fully saturated rings. The summed E-state index contributed by atoms with van der Waals surface area (Å²) in [7, 11) is 1.34. The minimum atomic E-state index is -0.758. The molecule has 1 N–H and O–H groups in total. The fraction of sp³-hybridized carbons (Fsp3) is 0.391. The molecule has 1 aliphatic heterocycles. The van der Waals surface area contributed by atoms with Crippen molar-refractivity contribution in [1.29, 1.82) is 5.26 Å². The third kappa shape index (κ3) is 5.18. The molecule has 1 heterocycles. The molecule has 1 aliphatic rings. The number of benzene rings is 2. The van der Waals surface area contributed by atoms with Crippen LogP contribution in [0.15, 0.2) is 36.4 Å². The van der Waals surface area contributed by atoms with E-state index in [1.807, 2.05) is 12.1 Å². The van der Waals surface area contributed by atoms with Gasteiger partial charge in [-0.2, -0.15) is 5.26 Å². The quantitative estimate of drug-likeness (QED) is 0.750. The summed E-state index contributed by atoms with van der Waals surface area (Å²) in [5.74, 6) is -1.77. The summed E-state index contributed by atoms with van der Waals surface area (Å²) < 4.78 is 32.6. The van der Waals surface area contributed by atoms with Gasteiger partial charge in [0.05, 0.1) is 25.1 Å². The predicted octanol–water partition coefficient (Wildman–Crippen LogP) is 4.42. The van der Waals surface area contributed by atoms with Gasteiger partial charge in [0.15, 0.2) is 17.3 Å². The lowest BCUT2D eigenvalue weighted by molar-refractivity contribution is -0.122. The van der Waals surface area contributed by atoms with Gasteiger partial charge < -0.3 is 10.1 Å². The average Bonchev–Trinajstić information content (AvgIpc) is 2.74. The molecule has 0 bridgehead atoms. The van der Waals surface area contributed by atoms with Gasteiger partial charge >= 0.3 is 0 Å². The van der Waals surface area contributed by atoms with E-state index in [0.717, 1.165) is 37.4 Å². The van der Waals surface area contributed by atoms with E-state index in [9.17, 15) is 18.8 Å². The Bertz CT molecular complexity index is 900.